The lowest BCUT2D eigenvalue weighted by Gasteiger charge is -2.26. The predicted octanol–water partition coefficient (Wildman–Crippen LogP) is 1.96. The summed E-state index contributed by atoms with van der Waals surface area (Å²) < 4.78 is 16.2. The molecule has 140 valence electrons. The number of hydrogen-bond donors (Lipinski definition) is 2. The summed E-state index contributed by atoms with van der Waals surface area (Å²) in [4.78, 5) is 14.9. The van der Waals surface area contributed by atoms with Crippen molar-refractivity contribution < 1.29 is 18.5 Å². The van der Waals surface area contributed by atoms with E-state index in [1.807, 2.05) is 34.0 Å². The molecule has 1 heterocycles. The molecule has 0 saturated carbocycles. The van der Waals surface area contributed by atoms with Crippen LogP contribution in [0.4, 0.5) is 4.79 Å². The number of rotatable bonds is 9. The quantitative estimate of drug-likeness (QED) is 0.480. The number of carbonyl (C=O) groups excluding carboxylic acids is 1. The minimum atomic E-state index is -0.500. The Morgan fingerprint density at radius 1 is 1.33 bits per heavy atom. The first-order chi connectivity index (χ1) is 11.4. The minimum Gasteiger partial charge on any atom is -0.444 e. The van der Waals surface area contributed by atoms with E-state index in [9.17, 15) is 4.79 Å². The molecular formula is C16H31N3O4S. The standard InChI is InChI=1S/C16H31N3O4S/c1-16(2,3)23-15(20)18-13-14(12-17-4)24-22-9-5-6-19-7-10-21-11-8-19/h12,17H,5-11,13H2,1-4H3,(H,18,20)/b14-12-. The fourth-order valence-electron chi connectivity index (χ4n) is 2.03. The second kappa shape index (κ2) is 11.6. The summed E-state index contributed by atoms with van der Waals surface area (Å²) in [7, 11) is 1.81. The smallest absolute Gasteiger partial charge is 0.407 e. The first kappa shape index (κ1) is 21.1. The molecule has 2 N–H and O–H groups in total. The molecule has 1 fully saturated rings. The van der Waals surface area contributed by atoms with Crippen molar-refractivity contribution in [2.45, 2.75) is 32.8 Å². The van der Waals surface area contributed by atoms with Crippen LogP contribution in [0.1, 0.15) is 27.2 Å². The van der Waals surface area contributed by atoms with E-state index < -0.39 is 11.7 Å². The molecule has 0 spiro atoms. The van der Waals surface area contributed by atoms with Gasteiger partial charge in [-0.3, -0.25) is 4.90 Å². The van der Waals surface area contributed by atoms with E-state index in [0.29, 0.717) is 13.2 Å². The first-order valence-electron chi connectivity index (χ1n) is 8.33. The zero-order valence-corrected chi connectivity index (χ0v) is 16.0. The molecule has 0 atom stereocenters. The maximum Gasteiger partial charge on any atom is 0.407 e. The molecule has 1 aliphatic heterocycles. The highest BCUT2D eigenvalue weighted by molar-refractivity contribution is 7.98. The second-order valence-corrected chi connectivity index (χ2v) is 7.39. The van der Waals surface area contributed by atoms with Crippen LogP contribution in [0.25, 0.3) is 0 Å². The maximum atomic E-state index is 11.7. The van der Waals surface area contributed by atoms with E-state index in [2.05, 4.69) is 15.5 Å². The van der Waals surface area contributed by atoms with Crippen molar-refractivity contribution in [1.29, 1.82) is 0 Å². The predicted molar refractivity (Wildman–Crippen MR) is 96.8 cm³/mol. The summed E-state index contributed by atoms with van der Waals surface area (Å²) in [6, 6.07) is 0. The van der Waals surface area contributed by atoms with Crippen LogP contribution in [0.2, 0.25) is 0 Å². The summed E-state index contributed by atoms with van der Waals surface area (Å²) >= 11 is 1.28. The lowest BCUT2D eigenvalue weighted by Crippen LogP contribution is -2.37. The molecule has 0 bridgehead atoms. The van der Waals surface area contributed by atoms with Gasteiger partial charge in [-0.15, -0.1) is 0 Å². The van der Waals surface area contributed by atoms with Crippen LogP contribution in [0.5, 0.6) is 0 Å². The molecule has 24 heavy (non-hydrogen) atoms. The molecule has 1 amide bonds. The maximum absolute atomic E-state index is 11.7. The van der Waals surface area contributed by atoms with E-state index in [4.69, 9.17) is 13.7 Å². The van der Waals surface area contributed by atoms with Gasteiger partial charge in [0, 0.05) is 49.8 Å². The first-order valence-corrected chi connectivity index (χ1v) is 9.07. The van der Waals surface area contributed by atoms with Crippen molar-refractivity contribution in [2.24, 2.45) is 0 Å². The number of amides is 1. The molecule has 0 unspecified atom stereocenters. The van der Waals surface area contributed by atoms with Gasteiger partial charge in [0.05, 0.1) is 26.4 Å². The number of nitrogens with zero attached hydrogens (tertiary/aromatic N) is 1. The van der Waals surface area contributed by atoms with Crippen LogP contribution < -0.4 is 10.6 Å². The van der Waals surface area contributed by atoms with Crippen LogP contribution in [0.15, 0.2) is 11.1 Å². The Kier molecular flexibility index (Phi) is 10.2. The summed E-state index contributed by atoms with van der Waals surface area (Å²) in [5, 5.41) is 5.68. The van der Waals surface area contributed by atoms with Gasteiger partial charge in [-0.1, -0.05) is 0 Å². The van der Waals surface area contributed by atoms with Gasteiger partial charge in [0.25, 0.3) is 0 Å². The second-order valence-electron chi connectivity index (χ2n) is 6.47. The van der Waals surface area contributed by atoms with Gasteiger partial charge in [-0.2, -0.15) is 0 Å². The number of morpholine rings is 1. The van der Waals surface area contributed by atoms with E-state index in [1.54, 1.807) is 0 Å². The van der Waals surface area contributed by atoms with Crippen molar-refractivity contribution in [1.82, 2.24) is 15.5 Å². The zero-order valence-electron chi connectivity index (χ0n) is 15.2. The van der Waals surface area contributed by atoms with Gasteiger partial charge in [0.1, 0.15) is 5.60 Å². The van der Waals surface area contributed by atoms with Crippen LogP contribution in [-0.4, -0.2) is 69.6 Å². The fraction of sp³-hybridized carbons (Fsp3) is 0.812. The van der Waals surface area contributed by atoms with Crippen LogP contribution in [-0.2, 0) is 13.7 Å². The molecule has 1 aliphatic rings. The molecule has 0 aromatic carbocycles. The Hall–Kier alpha value is -0.960. The Morgan fingerprint density at radius 2 is 2.04 bits per heavy atom. The Labute approximate surface area is 149 Å². The zero-order chi connectivity index (χ0) is 17.8. The lowest BCUT2D eigenvalue weighted by molar-refractivity contribution is 0.0361. The highest BCUT2D eigenvalue weighted by Gasteiger charge is 2.16. The minimum absolute atomic E-state index is 0.365. The van der Waals surface area contributed by atoms with Gasteiger partial charge in [0.2, 0.25) is 0 Å². The van der Waals surface area contributed by atoms with Gasteiger partial charge in [-0.05, 0) is 27.2 Å². The molecule has 7 nitrogen and oxygen atoms in total. The molecule has 1 saturated heterocycles. The van der Waals surface area contributed by atoms with E-state index in [1.165, 1.54) is 12.0 Å². The topological polar surface area (TPSA) is 72.1 Å². The summed E-state index contributed by atoms with van der Waals surface area (Å²) in [6.45, 7) is 11.2. The van der Waals surface area contributed by atoms with E-state index >= 15 is 0 Å². The summed E-state index contributed by atoms with van der Waals surface area (Å²) in [6.07, 6.45) is 2.35. The normalized spacial score (nSPS) is 16.8. The third-order valence-corrected chi connectivity index (χ3v) is 3.84. The number of nitrogens with one attached hydrogen (secondary N) is 2. The summed E-state index contributed by atoms with van der Waals surface area (Å²) in [5.41, 5.74) is -0.500. The van der Waals surface area contributed by atoms with E-state index in [0.717, 1.165) is 44.2 Å². The average molecular weight is 362 g/mol. The summed E-state index contributed by atoms with van der Waals surface area (Å²) in [5.74, 6) is 0. The molecule has 0 aromatic heterocycles. The van der Waals surface area contributed by atoms with Crippen molar-refractivity contribution in [3.05, 3.63) is 11.1 Å². The van der Waals surface area contributed by atoms with Gasteiger partial charge < -0.3 is 24.3 Å². The third kappa shape index (κ3) is 10.7. The average Bonchev–Trinajstić information content (AvgIpc) is 2.51. The molecule has 1 rings (SSSR count). The van der Waals surface area contributed by atoms with Crippen molar-refractivity contribution >= 4 is 18.1 Å². The van der Waals surface area contributed by atoms with Gasteiger partial charge in [0.15, 0.2) is 0 Å². The number of hydrogen-bond acceptors (Lipinski definition) is 7. The van der Waals surface area contributed by atoms with Crippen molar-refractivity contribution in [3.8, 4) is 0 Å². The van der Waals surface area contributed by atoms with Crippen LogP contribution >= 0.6 is 12.0 Å². The third-order valence-electron chi connectivity index (χ3n) is 3.08. The van der Waals surface area contributed by atoms with Crippen molar-refractivity contribution in [2.75, 3.05) is 53.0 Å². The number of carbonyl (C=O) groups is 1. The van der Waals surface area contributed by atoms with Crippen LogP contribution in [0.3, 0.4) is 0 Å². The molecule has 8 heteroatoms. The molecular weight excluding hydrogens is 330 g/mol. The van der Waals surface area contributed by atoms with E-state index in [-0.39, 0.29) is 0 Å². The van der Waals surface area contributed by atoms with Crippen LogP contribution in [0, 0.1) is 0 Å². The number of ether oxygens (including phenoxy) is 2. The Balaban J connectivity index is 2.16. The SMILES string of the molecule is CN/C=C(/CNC(=O)OC(C)(C)C)SOCCCN1CCOCC1. The van der Waals surface area contributed by atoms with Gasteiger partial charge >= 0.3 is 6.09 Å². The number of alkyl carbamates (subject to hydrolysis) is 1. The largest absolute Gasteiger partial charge is 0.444 e. The highest BCUT2D eigenvalue weighted by Crippen LogP contribution is 2.16. The molecule has 0 aliphatic carbocycles. The molecule has 0 aromatic rings. The monoisotopic (exact) mass is 361 g/mol. The fourth-order valence-corrected chi connectivity index (χ4v) is 2.68. The Morgan fingerprint density at radius 3 is 2.67 bits per heavy atom. The van der Waals surface area contributed by atoms with Crippen molar-refractivity contribution in [3.63, 3.8) is 0 Å². The Bertz CT molecular complexity index is 393. The van der Waals surface area contributed by atoms with Gasteiger partial charge in [-0.25, -0.2) is 4.79 Å². The highest BCUT2D eigenvalue weighted by atomic mass is 32.2. The molecule has 0 radical (unpaired) electrons. The lowest BCUT2D eigenvalue weighted by atomic mass is 10.2.